The molecule has 0 aromatic carbocycles. The van der Waals surface area contributed by atoms with Gasteiger partial charge in [-0.1, -0.05) is 100 Å². The number of halogens is 1. The Labute approximate surface area is 166 Å². The van der Waals surface area contributed by atoms with Crippen LogP contribution in [0.15, 0.2) is 0 Å². The van der Waals surface area contributed by atoms with Gasteiger partial charge in [0.05, 0.1) is 7.11 Å². The predicted octanol–water partition coefficient (Wildman–Crippen LogP) is 7.82. The summed E-state index contributed by atoms with van der Waals surface area (Å²) in [5, 5.41) is 0. The first kappa shape index (κ1) is 24.9. The summed E-state index contributed by atoms with van der Waals surface area (Å²) in [5.41, 5.74) is 0. The molecule has 0 aliphatic rings. The van der Waals surface area contributed by atoms with Crippen LogP contribution in [0.5, 0.6) is 0 Å². The van der Waals surface area contributed by atoms with Gasteiger partial charge in [-0.2, -0.15) is 0 Å². The van der Waals surface area contributed by atoms with E-state index in [0.717, 1.165) is 18.8 Å². The number of unbranched alkanes of at least 4 members (excludes halogenated alkanes) is 10. The van der Waals surface area contributed by atoms with Crippen LogP contribution in [-0.4, -0.2) is 17.9 Å². The standard InChI is InChI=1S/C22H43BrO2/c1-4-6-7-8-9-11-14-17-20(21(23)5-2)18-15-12-10-13-16-19-22(24)25-3/h20-21H,4-19H2,1-3H3. The lowest BCUT2D eigenvalue weighted by Gasteiger charge is -2.21. The van der Waals surface area contributed by atoms with Gasteiger partial charge in [-0.3, -0.25) is 4.79 Å². The van der Waals surface area contributed by atoms with Gasteiger partial charge in [-0.15, -0.1) is 0 Å². The van der Waals surface area contributed by atoms with E-state index >= 15 is 0 Å². The van der Waals surface area contributed by atoms with Crippen LogP contribution in [0.4, 0.5) is 0 Å². The molecule has 2 nitrogen and oxygen atoms in total. The first-order valence-corrected chi connectivity index (χ1v) is 11.8. The van der Waals surface area contributed by atoms with Gasteiger partial charge in [0, 0.05) is 11.2 Å². The zero-order valence-corrected chi connectivity index (χ0v) is 18.7. The van der Waals surface area contributed by atoms with Crippen LogP contribution in [0.25, 0.3) is 0 Å². The quantitative estimate of drug-likeness (QED) is 0.129. The topological polar surface area (TPSA) is 26.3 Å². The van der Waals surface area contributed by atoms with Crippen LogP contribution in [-0.2, 0) is 9.53 Å². The van der Waals surface area contributed by atoms with Crippen LogP contribution in [0.3, 0.4) is 0 Å². The molecule has 150 valence electrons. The van der Waals surface area contributed by atoms with Gasteiger partial charge < -0.3 is 4.74 Å². The monoisotopic (exact) mass is 418 g/mol. The van der Waals surface area contributed by atoms with Crippen molar-refractivity contribution in [1.29, 1.82) is 0 Å². The van der Waals surface area contributed by atoms with Crippen molar-refractivity contribution in [3.8, 4) is 0 Å². The van der Waals surface area contributed by atoms with Crippen molar-refractivity contribution in [2.24, 2.45) is 5.92 Å². The molecule has 0 aliphatic heterocycles. The lowest BCUT2D eigenvalue weighted by Crippen LogP contribution is -2.13. The largest absolute Gasteiger partial charge is 0.469 e. The number of alkyl halides is 1. The molecule has 0 saturated carbocycles. The Hall–Kier alpha value is -0.0500. The molecule has 3 heteroatoms. The van der Waals surface area contributed by atoms with Crippen molar-refractivity contribution in [3.05, 3.63) is 0 Å². The van der Waals surface area contributed by atoms with E-state index in [1.165, 1.54) is 90.6 Å². The second kappa shape index (κ2) is 18.7. The first-order chi connectivity index (χ1) is 12.2. The van der Waals surface area contributed by atoms with Crippen molar-refractivity contribution >= 4 is 21.9 Å². The van der Waals surface area contributed by atoms with E-state index in [1.54, 1.807) is 0 Å². The Morgan fingerprint density at radius 2 is 1.28 bits per heavy atom. The van der Waals surface area contributed by atoms with Gasteiger partial charge in [0.25, 0.3) is 0 Å². The number of carbonyl (C=O) groups excluding carboxylic acids is 1. The Bertz CT molecular complexity index is 294. The number of esters is 1. The Balaban J connectivity index is 3.69. The van der Waals surface area contributed by atoms with Crippen LogP contribution >= 0.6 is 15.9 Å². The molecule has 0 heterocycles. The number of hydrogen-bond acceptors (Lipinski definition) is 2. The van der Waals surface area contributed by atoms with Crippen LogP contribution < -0.4 is 0 Å². The highest BCUT2D eigenvalue weighted by molar-refractivity contribution is 9.09. The van der Waals surface area contributed by atoms with Crippen molar-refractivity contribution in [1.82, 2.24) is 0 Å². The highest BCUT2D eigenvalue weighted by Crippen LogP contribution is 2.28. The van der Waals surface area contributed by atoms with Crippen LogP contribution in [0.2, 0.25) is 0 Å². The second-order valence-corrected chi connectivity index (χ2v) is 8.65. The third-order valence-corrected chi connectivity index (χ3v) is 6.66. The van der Waals surface area contributed by atoms with E-state index in [0.29, 0.717) is 11.2 Å². The third-order valence-electron chi connectivity index (χ3n) is 5.26. The van der Waals surface area contributed by atoms with Gasteiger partial charge in [0.15, 0.2) is 0 Å². The summed E-state index contributed by atoms with van der Waals surface area (Å²) in [6.07, 6.45) is 20.4. The zero-order valence-electron chi connectivity index (χ0n) is 17.2. The molecule has 0 spiro atoms. The number of rotatable bonds is 18. The molecule has 0 fully saturated rings. The molecule has 2 atom stereocenters. The number of carbonyl (C=O) groups is 1. The summed E-state index contributed by atoms with van der Waals surface area (Å²) in [7, 11) is 1.47. The Morgan fingerprint density at radius 3 is 1.76 bits per heavy atom. The van der Waals surface area contributed by atoms with Crippen molar-refractivity contribution in [2.75, 3.05) is 7.11 Å². The molecule has 0 N–H and O–H groups in total. The molecule has 0 rings (SSSR count). The Morgan fingerprint density at radius 1 is 0.800 bits per heavy atom. The van der Waals surface area contributed by atoms with Gasteiger partial charge >= 0.3 is 5.97 Å². The number of hydrogen-bond donors (Lipinski definition) is 0. The maximum absolute atomic E-state index is 11.1. The van der Waals surface area contributed by atoms with Crippen LogP contribution in [0, 0.1) is 5.92 Å². The minimum atomic E-state index is -0.0696. The van der Waals surface area contributed by atoms with Crippen molar-refractivity contribution in [3.63, 3.8) is 0 Å². The fourth-order valence-electron chi connectivity index (χ4n) is 3.51. The maximum atomic E-state index is 11.1. The molecule has 0 bridgehead atoms. The molecular weight excluding hydrogens is 376 g/mol. The molecule has 0 amide bonds. The summed E-state index contributed by atoms with van der Waals surface area (Å²) >= 11 is 3.91. The number of methoxy groups -OCH3 is 1. The molecule has 0 aromatic rings. The fraction of sp³-hybridized carbons (Fsp3) is 0.955. The van der Waals surface area contributed by atoms with Crippen molar-refractivity contribution < 1.29 is 9.53 Å². The summed E-state index contributed by atoms with van der Waals surface area (Å²) in [5.74, 6) is 0.774. The molecule has 0 saturated heterocycles. The minimum absolute atomic E-state index is 0.0696. The lowest BCUT2D eigenvalue weighted by molar-refractivity contribution is -0.140. The maximum Gasteiger partial charge on any atom is 0.305 e. The smallest absolute Gasteiger partial charge is 0.305 e. The minimum Gasteiger partial charge on any atom is -0.469 e. The van der Waals surface area contributed by atoms with Crippen LogP contribution in [0.1, 0.15) is 117 Å². The highest BCUT2D eigenvalue weighted by atomic mass is 79.9. The predicted molar refractivity (Wildman–Crippen MR) is 113 cm³/mol. The number of ether oxygens (including phenoxy) is 1. The van der Waals surface area contributed by atoms with Gasteiger partial charge in [-0.05, 0) is 31.6 Å². The van der Waals surface area contributed by atoms with Gasteiger partial charge in [-0.25, -0.2) is 0 Å². The van der Waals surface area contributed by atoms with E-state index < -0.39 is 0 Å². The third kappa shape index (κ3) is 15.9. The van der Waals surface area contributed by atoms with Crippen molar-refractivity contribution in [2.45, 2.75) is 121 Å². The average molecular weight is 419 g/mol. The summed E-state index contributed by atoms with van der Waals surface area (Å²) in [6.45, 7) is 4.58. The molecule has 0 aliphatic carbocycles. The second-order valence-electron chi connectivity index (χ2n) is 7.48. The zero-order chi connectivity index (χ0) is 18.8. The summed E-state index contributed by atoms with van der Waals surface area (Å²) < 4.78 is 4.68. The summed E-state index contributed by atoms with van der Waals surface area (Å²) in [6, 6.07) is 0. The van der Waals surface area contributed by atoms with E-state index in [1.807, 2.05) is 0 Å². The van der Waals surface area contributed by atoms with E-state index in [4.69, 9.17) is 0 Å². The van der Waals surface area contributed by atoms with E-state index in [2.05, 4.69) is 34.5 Å². The SMILES string of the molecule is CCCCCCCCCC(CCCCCCCC(=O)OC)C(Br)CC. The highest BCUT2D eigenvalue weighted by Gasteiger charge is 2.16. The van der Waals surface area contributed by atoms with E-state index in [9.17, 15) is 4.79 Å². The molecule has 0 radical (unpaired) electrons. The fourth-order valence-corrected chi connectivity index (χ4v) is 4.04. The lowest BCUT2D eigenvalue weighted by atomic mass is 9.90. The molecule has 2 unspecified atom stereocenters. The normalized spacial score (nSPS) is 13.6. The molecule has 0 aromatic heterocycles. The molecule has 25 heavy (non-hydrogen) atoms. The summed E-state index contributed by atoms with van der Waals surface area (Å²) in [4.78, 5) is 11.8. The average Bonchev–Trinajstić information content (AvgIpc) is 2.63. The first-order valence-electron chi connectivity index (χ1n) is 10.9. The molecular formula is C22H43BrO2. The van der Waals surface area contributed by atoms with Gasteiger partial charge in [0.2, 0.25) is 0 Å². The van der Waals surface area contributed by atoms with E-state index in [-0.39, 0.29) is 5.97 Å². The Kier molecular flexibility index (Phi) is 18.7. The van der Waals surface area contributed by atoms with Gasteiger partial charge in [0.1, 0.15) is 0 Å².